The molecule has 1 rings (SSSR count). The number of nitroso groups, excluding NO2 is 1. The van der Waals surface area contributed by atoms with Crippen LogP contribution in [0.15, 0.2) is 17.3 Å². The van der Waals surface area contributed by atoms with Crippen molar-refractivity contribution in [1.29, 1.82) is 0 Å². The summed E-state index contributed by atoms with van der Waals surface area (Å²) in [6.45, 7) is 18.6. The lowest BCUT2D eigenvalue weighted by Gasteiger charge is -2.28. The van der Waals surface area contributed by atoms with Gasteiger partial charge < -0.3 is 4.74 Å². The van der Waals surface area contributed by atoms with E-state index in [0.717, 1.165) is 16.7 Å². The highest BCUT2D eigenvalue weighted by Gasteiger charge is 2.27. The summed E-state index contributed by atoms with van der Waals surface area (Å²) in [7, 11) is 0. The molecule has 0 aliphatic carbocycles. The van der Waals surface area contributed by atoms with Crippen LogP contribution in [0.5, 0.6) is 0 Å². The molecular weight excluding hydrogens is 314 g/mol. The predicted octanol–water partition coefficient (Wildman–Crippen LogP) is 6.20. The number of benzene rings is 1. The molecule has 0 atom stereocenters. The molecule has 142 valence electrons. The van der Waals surface area contributed by atoms with Crippen LogP contribution in [0.3, 0.4) is 0 Å². The third kappa shape index (κ3) is 6.97. The van der Waals surface area contributed by atoms with E-state index in [9.17, 15) is 9.70 Å². The van der Waals surface area contributed by atoms with Crippen molar-refractivity contribution in [3.63, 3.8) is 0 Å². The maximum absolute atomic E-state index is 11.6. The molecule has 0 saturated carbocycles. The van der Waals surface area contributed by atoms with E-state index in [1.165, 1.54) is 0 Å². The van der Waals surface area contributed by atoms with Gasteiger partial charge in [-0.05, 0) is 46.0 Å². The Balaban J connectivity index is 0.00000277. The first kappa shape index (κ1) is 23.3. The molecule has 1 aromatic carbocycles. The van der Waals surface area contributed by atoms with E-state index in [-0.39, 0.29) is 16.8 Å². The van der Waals surface area contributed by atoms with Crippen LogP contribution in [0.1, 0.15) is 85.4 Å². The van der Waals surface area contributed by atoms with Crippen LogP contribution in [-0.4, -0.2) is 12.6 Å². The number of ether oxygens (including phenoxy) is 1. The number of hydrogen-bond acceptors (Lipinski definition) is 4. The number of rotatable bonds is 5. The van der Waals surface area contributed by atoms with Crippen LogP contribution < -0.4 is 0 Å². The predicted molar refractivity (Wildman–Crippen MR) is 106 cm³/mol. The van der Waals surface area contributed by atoms with Gasteiger partial charge in [0.25, 0.3) is 0 Å². The third-order valence-electron chi connectivity index (χ3n) is 3.80. The molecule has 0 bridgehead atoms. The van der Waals surface area contributed by atoms with Gasteiger partial charge in [0, 0.05) is 6.42 Å². The van der Waals surface area contributed by atoms with Gasteiger partial charge in [0.2, 0.25) is 0 Å². The molecule has 1 aromatic rings. The standard InChI is InChI=1S/C19H29NO3.C2H6/c1-8-23-16(21)10-9-13-11-14(18(2,3)4)17(20-22)15(12-13)19(5,6)7;1-2/h11-12H,8-10H2,1-7H3;1-2H3. The summed E-state index contributed by atoms with van der Waals surface area (Å²) in [4.78, 5) is 23.1. The zero-order valence-corrected chi connectivity index (χ0v) is 17.4. The fourth-order valence-electron chi connectivity index (χ4n) is 2.56. The van der Waals surface area contributed by atoms with E-state index in [2.05, 4.69) is 46.7 Å². The first-order chi connectivity index (χ1) is 11.5. The van der Waals surface area contributed by atoms with Gasteiger partial charge in [0.05, 0.1) is 6.61 Å². The minimum atomic E-state index is -0.195. The van der Waals surface area contributed by atoms with Crippen molar-refractivity contribution >= 4 is 11.7 Å². The zero-order valence-electron chi connectivity index (χ0n) is 17.4. The molecule has 0 saturated heterocycles. The van der Waals surface area contributed by atoms with E-state index in [4.69, 9.17) is 4.74 Å². The van der Waals surface area contributed by atoms with Crippen LogP contribution in [0, 0.1) is 4.91 Å². The average Bonchev–Trinajstić information content (AvgIpc) is 2.52. The van der Waals surface area contributed by atoms with Crippen LogP contribution in [0.4, 0.5) is 5.69 Å². The normalized spacial score (nSPS) is 11.4. The Morgan fingerprint density at radius 3 is 1.76 bits per heavy atom. The van der Waals surface area contributed by atoms with E-state index in [1.807, 2.05) is 26.0 Å². The summed E-state index contributed by atoms with van der Waals surface area (Å²) in [6, 6.07) is 4.01. The van der Waals surface area contributed by atoms with Crippen LogP contribution >= 0.6 is 0 Å². The Hall–Kier alpha value is -1.71. The fourth-order valence-corrected chi connectivity index (χ4v) is 2.56. The van der Waals surface area contributed by atoms with Gasteiger partial charge in [-0.2, -0.15) is 0 Å². The Morgan fingerprint density at radius 2 is 1.44 bits per heavy atom. The number of carbonyl (C=O) groups is 1. The maximum atomic E-state index is 11.6. The molecular formula is C21H35NO3. The van der Waals surface area contributed by atoms with Gasteiger partial charge in [-0.1, -0.05) is 67.5 Å². The summed E-state index contributed by atoms with van der Waals surface area (Å²) in [5.41, 5.74) is 3.05. The van der Waals surface area contributed by atoms with Crippen molar-refractivity contribution in [2.45, 2.75) is 86.0 Å². The molecule has 25 heavy (non-hydrogen) atoms. The molecule has 0 spiro atoms. The molecule has 0 aliphatic heterocycles. The van der Waals surface area contributed by atoms with Gasteiger partial charge in [0.15, 0.2) is 0 Å². The quantitative estimate of drug-likeness (QED) is 0.469. The Labute approximate surface area is 153 Å². The van der Waals surface area contributed by atoms with Gasteiger partial charge in [-0.15, -0.1) is 4.91 Å². The fraction of sp³-hybridized carbons (Fsp3) is 0.667. The summed E-state index contributed by atoms with van der Waals surface area (Å²) in [5.74, 6) is -0.195. The van der Waals surface area contributed by atoms with Crippen molar-refractivity contribution < 1.29 is 9.53 Å². The molecule has 0 amide bonds. The molecule has 0 heterocycles. The topological polar surface area (TPSA) is 55.7 Å². The molecule has 0 unspecified atom stereocenters. The van der Waals surface area contributed by atoms with Crippen molar-refractivity contribution in [3.8, 4) is 0 Å². The van der Waals surface area contributed by atoms with E-state index >= 15 is 0 Å². The molecule has 4 heteroatoms. The highest BCUT2D eigenvalue weighted by atomic mass is 16.5. The first-order valence-electron chi connectivity index (χ1n) is 9.17. The van der Waals surface area contributed by atoms with Gasteiger partial charge >= 0.3 is 5.97 Å². The smallest absolute Gasteiger partial charge is 0.306 e. The Kier molecular flexibility index (Phi) is 9.03. The second-order valence-electron chi connectivity index (χ2n) is 7.94. The van der Waals surface area contributed by atoms with Crippen molar-refractivity contribution in [1.82, 2.24) is 0 Å². The van der Waals surface area contributed by atoms with Crippen LogP contribution in [0.2, 0.25) is 0 Å². The molecule has 0 aliphatic rings. The van der Waals surface area contributed by atoms with Crippen molar-refractivity contribution in [2.75, 3.05) is 6.61 Å². The number of aryl methyl sites for hydroxylation is 1. The summed E-state index contributed by atoms with van der Waals surface area (Å²) < 4.78 is 5.00. The maximum Gasteiger partial charge on any atom is 0.306 e. The Bertz CT molecular complexity index is 543. The molecule has 4 nitrogen and oxygen atoms in total. The van der Waals surface area contributed by atoms with Gasteiger partial charge in [-0.25, -0.2) is 0 Å². The summed E-state index contributed by atoms with van der Waals surface area (Å²) in [6.07, 6.45) is 0.943. The number of esters is 1. The number of nitrogens with zero attached hydrogens (tertiary/aromatic N) is 1. The first-order valence-corrected chi connectivity index (χ1v) is 9.17. The van der Waals surface area contributed by atoms with Crippen molar-refractivity contribution in [3.05, 3.63) is 33.7 Å². The van der Waals surface area contributed by atoms with E-state index in [1.54, 1.807) is 6.92 Å². The van der Waals surface area contributed by atoms with Gasteiger partial charge in [0.1, 0.15) is 5.69 Å². The third-order valence-corrected chi connectivity index (χ3v) is 3.80. The minimum absolute atomic E-state index is 0.191. The zero-order chi connectivity index (χ0) is 19.8. The SMILES string of the molecule is CC.CCOC(=O)CCc1cc(C(C)(C)C)c(N=O)c(C(C)(C)C)c1. The Morgan fingerprint density at radius 1 is 1.00 bits per heavy atom. The van der Waals surface area contributed by atoms with E-state index in [0.29, 0.717) is 25.1 Å². The number of carbonyl (C=O) groups excluding carboxylic acids is 1. The minimum Gasteiger partial charge on any atom is -0.466 e. The van der Waals surface area contributed by atoms with Gasteiger partial charge in [-0.3, -0.25) is 4.79 Å². The van der Waals surface area contributed by atoms with Crippen molar-refractivity contribution in [2.24, 2.45) is 5.18 Å². The van der Waals surface area contributed by atoms with Crippen LogP contribution in [0.25, 0.3) is 0 Å². The highest BCUT2D eigenvalue weighted by Crippen LogP contribution is 2.40. The molecule has 0 fully saturated rings. The summed E-state index contributed by atoms with van der Waals surface area (Å²) in [5, 5.41) is 3.33. The average molecular weight is 350 g/mol. The lowest BCUT2D eigenvalue weighted by Crippen LogP contribution is -2.18. The monoisotopic (exact) mass is 349 g/mol. The summed E-state index contributed by atoms with van der Waals surface area (Å²) >= 11 is 0. The number of hydrogen-bond donors (Lipinski definition) is 0. The van der Waals surface area contributed by atoms with Crippen LogP contribution in [-0.2, 0) is 26.8 Å². The highest BCUT2D eigenvalue weighted by molar-refractivity contribution is 5.70. The van der Waals surface area contributed by atoms with E-state index < -0.39 is 0 Å². The molecule has 0 radical (unpaired) electrons. The largest absolute Gasteiger partial charge is 0.466 e. The second kappa shape index (κ2) is 9.69. The molecule has 0 aromatic heterocycles. The second-order valence-corrected chi connectivity index (χ2v) is 7.94. The lowest BCUT2D eigenvalue weighted by atomic mass is 9.77. The molecule has 0 N–H and O–H groups in total. The lowest BCUT2D eigenvalue weighted by molar-refractivity contribution is -0.143.